The van der Waals surface area contributed by atoms with E-state index in [2.05, 4.69) is 15.2 Å². The number of nitrogens with one attached hydrogen (secondary N) is 2. The zero-order chi connectivity index (χ0) is 22.2. The van der Waals surface area contributed by atoms with E-state index >= 15 is 0 Å². The smallest absolute Gasteiger partial charge is 0.330 e. The first-order valence-electron chi connectivity index (χ1n) is 8.65. The van der Waals surface area contributed by atoms with Gasteiger partial charge in [-0.25, -0.2) is 17.9 Å². The van der Waals surface area contributed by atoms with Gasteiger partial charge < -0.3 is 14.4 Å². The lowest BCUT2D eigenvalue weighted by molar-refractivity contribution is 0.102. The summed E-state index contributed by atoms with van der Waals surface area (Å²) in [6, 6.07) is 5.32. The van der Waals surface area contributed by atoms with Crippen LogP contribution in [0.3, 0.4) is 0 Å². The molecule has 30 heavy (non-hydrogen) atoms. The molecule has 1 amide bonds. The number of hydrogen-bond acceptors (Lipinski definition) is 7. The number of benzene rings is 1. The highest BCUT2D eigenvalue weighted by molar-refractivity contribution is 7.92. The van der Waals surface area contributed by atoms with Crippen LogP contribution in [0.4, 0.5) is 11.6 Å². The topological polar surface area (TPSA) is 145 Å². The zero-order valence-corrected chi connectivity index (χ0v) is 17.4. The lowest BCUT2D eigenvalue weighted by atomic mass is 10.2. The first kappa shape index (κ1) is 21.0. The highest BCUT2D eigenvalue weighted by atomic mass is 32.2. The van der Waals surface area contributed by atoms with E-state index in [4.69, 9.17) is 4.52 Å². The number of hydrogen-bond donors (Lipinski definition) is 2. The quantitative estimate of drug-likeness (QED) is 0.603. The largest absolute Gasteiger partial charge is 0.337 e. The SMILES string of the molecule is Cc1noc(NS(=O)(=O)c2ccc(NC(=O)c3cn(C)c(=O)n(C)c3=O)cc2)c1C. The fourth-order valence-electron chi connectivity index (χ4n) is 2.57. The van der Waals surface area contributed by atoms with Crippen molar-refractivity contribution in [2.45, 2.75) is 18.7 Å². The molecular formula is C18H19N5O6S. The molecule has 0 saturated heterocycles. The maximum absolute atomic E-state index is 12.5. The summed E-state index contributed by atoms with van der Waals surface area (Å²) in [4.78, 5) is 36.2. The summed E-state index contributed by atoms with van der Waals surface area (Å²) < 4.78 is 34.2. The number of anilines is 2. The Morgan fingerprint density at radius 2 is 1.73 bits per heavy atom. The molecule has 0 fully saturated rings. The van der Waals surface area contributed by atoms with Crippen LogP contribution >= 0.6 is 0 Å². The van der Waals surface area contributed by atoms with Gasteiger partial charge in [0.25, 0.3) is 21.5 Å². The number of amides is 1. The average Bonchev–Trinajstić information content (AvgIpc) is 3.01. The van der Waals surface area contributed by atoms with Crippen molar-refractivity contribution in [2.24, 2.45) is 14.1 Å². The van der Waals surface area contributed by atoms with Gasteiger partial charge in [-0.1, -0.05) is 5.16 Å². The molecule has 0 unspecified atom stereocenters. The fourth-order valence-corrected chi connectivity index (χ4v) is 3.62. The highest BCUT2D eigenvalue weighted by Gasteiger charge is 2.20. The minimum absolute atomic E-state index is 0.0235. The molecule has 0 spiro atoms. The van der Waals surface area contributed by atoms with Gasteiger partial charge in [-0.3, -0.25) is 14.2 Å². The van der Waals surface area contributed by atoms with Crippen LogP contribution in [0.25, 0.3) is 0 Å². The molecule has 0 bridgehead atoms. The van der Waals surface area contributed by atoms with E-state index in [-0.39, 0.29) is 22.0 Å². The number of aryl methyl sites for hydroxylation is 2. The maximum Gasteiger partial charge on any atom is 0.330 e. The Bertz CT molecular complexity index is 1350. The van der Waals surface area contributed by atoms with Crippen LogP contribution < -0.4 is 21.3 Å². The highest BCUT2D eigenvalue weighted by Crippen LogP contribution is 2.22. The minimum atomic E-state index is -3.93. The van der Waals surface area contributed by atoms with E-state index < -0.39 is 27.2 Å². The molecule has 12 heteroatoms. The number of aromatic nitrogens is 3. The second-order valence-corrected chi connectivity index (χ2v) is 8.29. The molecular weight excluding hydrogens is 414 g/mol. The third-order valence-corrected chi connectivity index (χ3v) is 5.84. The summed E-state index contributed by atoms with van der Waals surface area (Å²) >= 11 is 0. The molecule has 0 atom stereocenters. The van der Waals surface area contributed by atoms with Crippen LogP contribution in [0, 0.1) is 13.8 Å². The van der Waals surface area contributed by atoms with Crippen molar-refractivity contribution in [3.05, 3.63) is 68.1 Å². The van der Waals surface area contributed by atoms with Gasteiger partial charge >= 0.3 is 5.69 Å². The summed E-state index contributed by atoms with van der Waals surface area (Å²) in [5, 5.41) is 6.20. The van der Waals surface area contributed by atoms with Crippen LogP contribution in [-0.4, -0.2) is 28.6 Å². The Morgan fingerprint density at radius 3 is 2.30 bits per heavy atom. The summed E-state index contributed by atoms with van der Waals surface area (Å²) in [6.45, 7) is 3.36. The van der Waals surface area contributed by atoms with Crippen LogP contribution in [0.5, 0.6) is 0 Å². The number of sulfonamides is 1. The third-order valence-electron chi connectivity index (χ3n) is 4.50. The molecule has 1 aromatic carbocycles. The standard InChI is InChI=1S/C18H19N5O6S/c1-10-11(2)20-29-16(10)21-30(27,28)13-7-5-12(6-8-13)19-15(24)14-9-22(3)18(26)23(4)17(14)25/h5-9,21H,1-4H3,(H,19,24). The van der Waals surface area contributed by atoms with Gasteiger partial charge in [-0.15, -0.1) is 0 Å². The molecule has 3 aromatic rings. The summed E-state index contributed by atoms with van der Waals surface area (Å²) in [5.74, 6) is -0.705. The second-order valence-electron chi connectivity index (χ2n) is 6.61. The molecule has 0 radical (unpaired) electrons. The normalized spacial score (nSPS) is 11.3. The molecule has 3 rings (SSSR count). The van der Waals surface area contributed by atoms with Crippen molar-refractivity contribution < 1.29 is 17.7 Å². The molecule has 0 aliphatic rings. The minimum Gasteiger partial charge on any atom is -0.337 e. The Labute approximate surface area is 171 Å². The molecule has 158 valence electrons. The lowest BCUT2D eigenvalue weighted by Gasteiger charge is -2.09. The Morgan fingerprint density at radius 1 is 1.10 bits per heavy atom. The van der Waals surface area contributed by atoms with E-state index in [1.54, 1.807) is 13.8 Å². The van der Waals surface area contributed by atoms with Crippen molar-refractivity contribution in [1.29, 1.82) is 0 Å². The lowest BCUT2D eigenvalue weighted by Crippen LogP contribution is -2.40. The summed E-state index contributed by atoms with van der Waals surface area (Å²) in [6.07, 6.45) is 1.14. The van der Waals surface area contributed by atoms with Gasteiger partial charge in [0.1, 0.15) is 5.56 Å². The van der Waals surface area contributed by atoms with E-state index in [0.29, 0.717) is 11.3 Å². The van der Waals surface area contributed by atoms with Crippen LogP contribution in [0.2, 0.25) is 0 Å². The fraction of sp³-hybridized carbons (Fsp3) is 0.222. The summed E-state index contributed by atoms with van der Waals surface area (Å²) in [7, 11) is -1.24. The number of carbonyl (C=O) groups is 1. The molecule has 2 N–H and O–H groups in total. The first-order valence-corrected chi connectivity index (χ1v) is 10.1. The molecule has 2 heterocycles. The Balaban J connectivity index is 1.81. The number of nitrogens with zero attached hydrogens (tertiary/aromatic N) is 3. The number of rotatable bonds is 5. The zero-order valence-electron chi connectivity index (χ0n) is 16.6. The average molecular weight is 433 g/mol. The van der Waals surface area contributed by atoms with Crippen molar-refractivity contribution in [3.63, 3.8) is 0 Å². The predicted molar refractivity (Wildman–Crippen MR) is 108 cm³/mol. The maximum atomic E-state index is 12.5. The second kappa shape index (κ2) is 7.63. The molecule has 0 aliphatic carbocycles. The van der Waals surface area contributed by atoms with E-state index in [1.807, 2.05) is 0 Å². The van der Waals surface area contributed by atoms with Gasteiger partial charge in [-0.2, -0.15) is 0 Å². The molecule has 0 aliphatic heterocycles. The van der Waals surface area contributed by atoms with Crippen LogP contribution in [0.1, 0.15) is 21.6 Å². The molecule has 2 aromatic heterocycles. The van der Waals surface area contributed by atoms with Crippen LogP contribution in [-0.2, 0) is 24.1 Å². The summed E-state index contributed by atoms with van der Waals surface area (Å²) in [5.41, 5.74) is -0.125. The van der Waals surface area contributed by atoms with Crippen LogP contribution in [0.15, 0.2) is 49.5 Å². The van der Waals surface area contributed by atoms with Crippen molar-refractivity contribution in [2.75, 3.05) is 10.0 Å². The van der Waals surface area contributed by atoms with Gasteiger partial charge in [-0.05, 0) is 38.1 Å². The van der Waals surface area contributed by atoms with Crippen molar-refractivity contribution in [3.8, 4) is 0 Å². The van der Waals surface area contributed by atoms with Gasteiger partial charge in [0.2, 0.25) is 5.88 Å². The number of carbonyl (C=O) groups excluding carboxylic acids is 1. The van der Waals surface area contributed by atoms with Crippen molar-refractivity contribution >= 4 is 27.5 Å². The molecule has 0 saturated carbocycles. The van der Waals surface area contributed by atoms with E-state index in [9.17, 15) is 22.8 Å². The first-order chi connectivity index (χ1) is 14.0. The third kappa shape index (κ3) is 3.89. The van der Waals surface area contributed by atoms with E-state index in [1.165, 1.54) is 38.4 Å². The van der Waals surface area contributed by atoms with Gasteiger partial charge in [0, 0.05) is 31.5 Å². The monoisotopic (exact) mass is 433 g/mol. The Kier molecular flexibility index (Phi) is 5.35. The molecule has 11 nitrogen and oxygen atoms in total. The predicted octanol–water partition coefficient (Wildman–Crippen LogP) is 0.742. The Hall–Kier alpha value is -3.67. The van der Waals surface area contributed by atoms with Crippen molar-refractivity contribution in [1.82, 2.24) is 14.3 Å². The van der Waals surface area contributed by atoms with Gasteiger partial charge in [0.15, 0.2) is 0 Å². The van der Waals surface area contributed by atoms with E-state index in [0.717, 1.165) is 15.3 Å². The van der Waals surface area contributed by atoms with Gasteiger partial charge in [0.05, 0.1) is 10.6 Å².